The molecule has 2 saturated carbocycles. The van der Waals surface area contributed by atoms with E-state index >= 15 is 0 Å². The average molecular weight is 386 g/mol. The van der Waals surface area contributed by atoms with Gasteiger partial charge in [0.15, 0.2) is 0 Å². The number of hydrogen-bond acceptors (Lipinski definition) is 4. The highest BCUT2D eigenvalue weighted by Gasteiger charge is 2.39. The van der Waals surface area contributed by atoms with E-state index in [0.717, 1.165) is 38.6 Å². The van der Waals surface area contributed by atoms with Gasteiger partial charge in [-0.2, -0.15) is 0 Å². The van der Waals surface area contributed by atoms with Crippen molar-refractivity contribution >= 4 is 17.5 Å². The second-order valence-corrected chi connectivity index (χ2v) is 7.94. The molecule has 1 aliphatic heterocycles. The number of amides is 1. The van der Waals surface area contributed by atoms with Crippen LogP contribution in [0.1, 0.15) is 44.9 Å². The molecule has 0 N–H and O–H groups in total. The van der Waals surface area contributed by atoms with Gasteiger partial charge in [0.2, 0.25) is 5.91 Å². The van der Waals surface area contributed by atoms with Gasteiger partial charge in [0.05, 0.1) is 38.1 Å². The van der Waals surface area contributed by atoms with Gasteiger partial charge in [-0.25, -0.2) is 0 Å². The summed E-state index contributed by atoms with van der Waals surface area (Å²) in [6.07, 6.45) is 9.61. The first-order valence-corrected chi connectivity index (χ1v) is 10.6. The van der Waals surface area contributed by atoms with Crippen LogP contribution in [0.15, 0.2) is 12.7 Å². The van der Waals surface area contributed by atoms with E-state index in [1.807, 2.05) is 4.90 Å². The average Bonchev–Trinajstić information content (AvgIpc) is 2.70. The van der Waals surface area contributed by atoms with Crippen LogP contribution in [0.25, 0.3) is 0 Å². The summed E-state index contributed by atoms with van der Waals surface area (Å²) in [6, 6.07) is 0.186. The maximum absolute atomic E-state index is 12.6. The molecule has 1 saturated heterocycles. The first kappa shape index (κ1) is 20.1. The van der Waals surface area contributed by atoms with E-state index in [4.69, 9.17) is 25.8 Å². The lowest BCUT2D eigenvalue weighted by Gasteiger charge is -2.44. The summed E-state index contributed by atoms with van der Waals surface area (Å²) >= 11 is 5.95. The Morgan fingerprint density at radius 1 is 1.15 bits per heavy atom. The molecule has 26 heavy (non-hydrogen) atoms. The molecule has 1 amide bonds. The maximum Gasteiger partial charge on any atom is 0.237 e. The van der Waals surface area contributed by atoms with Crippen molar-refractivity contribution in [3.05, 3.63) is 12.7 Å². The number of carbonyl (C=O) groups is 1. The number of hydrogen-bond donors (Lipinski definition) is 0. The van der Waals surface area contributed by atoms with Crippen molar-refractivity contribution in [2.45, 2.75) is 69.3 Å². The minimum absolute atomic E-state index is 0.0277. The maximum atomic E-state index is 12.6. The molecule has 5 unspecified atom stereocenters. The van der Waals surface area contributed by atoms with Crippen molar-refractivity contribution in [2.24, 2.45) is 5.92 Å². The number of nitrogens with zero attached hydrogens (tertiary/aromatic N) is 1. The zero-order valence-corrected chi connectivity index (χ0v) is 16.4. The minimum Gasteiger partial charge on any atom is -0.374 e. The first-order valence-electron chi connectivity index (χ1n) is 10.0. The Kier molecular flexibility index (Phi) is 7.79. The molecule has 6 heteroatoms. The Labute approximate surface area is 162 Å². The van der Waals surface area contributed by atoms with Crippen LogP contribution in [0.3, 0.4) is 0 Å². The summed E-state index contributed by atoms with van der Waals surface area (Å²) in [5.74, 6) is 0.435. The van der Waals surface area contributed by atoms with Gasteiger partial charge in [-0.1, -0.05) is 18.9 Å². The molecule has 5 nitrogen and oxygen atoms in total. The molecule has 3 aliphatic rings. The predicted octanol–water partition coefficient (Wildman–Crippen LogP) is 3.15. The molecule has 148 valence electrons. The molecular weight excluding hydrogens is 354 g/mol. The molecule has 0 aromatic carbocycles. The standard InChI is InChI=1S/C20H32ClNO4/c1-2-9-24-17-6-4-3-5-15(17)14-22(20(23)13-21)16-7-8-18-19(12-16)26-11-10-25-18/h2,15-19H,1,3-14H2. The quantitative estimate of drug-likeness (QED) is 0.499. The number of carbonyl (C=O) groups excluding carboxylic acids is 1. The van der Waals surface area contributed by atoms with Gasteiger partial charge in [-0.15, -0.1) is 18.2 Å². The van der Waals surface area contributed by atoms with Crippen LogP contribution >= 0.6 is 11.6 Å². The van der Waals surface area contributed by atoms with Crippen LogP contribution in [0.5, 0.6) is 0 Å². The van der Waals surface area contributed by atoms with E-state index in [1.165, 1.54) is 12.8 Å². The summed E-state index contributed by atoms with van der Waals surface area (Å²) in [4.78, 5) is 14.6. The van der Waals surface area contributed by atoms with E-state index in [-0.39, 0.29) is 36.1 Å². The fourth-order valence-electron chi connectivity index (χ4n) is 4.71. The topological polar surface area (TPSA) is 48.0 Å². The van der Waals surface area contributed by atoms with Gasteiger partial charge in [-0.3, -0.25) is 4.79 Å². The zero-order valence-electron chi connectivity index (χ0n) is 15.6. The zero-order chi connectivity index (χ0) is 18.4. The summed E-state index contributed by atoms with van der Waals surface area (Å²) in [5, 5.41) is 0. The summed E-state index contributed by atoms with van der Waals surface area (Å²) < 4.78 is 17.7. The van der Waals surface area contributed by atoms with Crippen molar-refractivity contribution in [3.8, 4) is 0 Å². The highest BCUT2D eigenvalue weighted by molar-refractivity contribution is 6.27. The van der Waals surface area contributed by atoms with Crippen molar-refractivity contribution < 1.29 is 19.0 Å². The fourth-order valence-corrected chi connectivity index (χ4v) is 4.86. The molecule has 0 bridgehead atoms. The van der Waals surface area contributed by atoms with Crippen LogP contribution in [0.2, 0.25) is 0 Å². The first-order chi connectivity index (χ1) is 12.7. The van der Waals surface area contributed by atoms with Crippen LogP contribution in [-0.2, 0) is 19.0 Å². The smallest absolute Gasteiger partial charge is 0.237 e. The number of fused-ring (bicyclic) bond motifs is 1. The second kappa shape index (κ2) is 10.1. The van der Waals surface area contributed by atoms with Gasteiger partial charge in [0.25, 0.3) is 0 Å². The molecule has 1 heterocycles. The monoisotopic (exact) mass is 385 g/mol. The second-order valence-electron chi connectivity index (χ2n) is 7.67. The number of alkyl halides is 1. The molecule has 3 fully saturated rings. The Bertz CT molecular complexity index is 475. The lowest BCUT2D eigenvalue weighted by atomic mass is 9.84. The molecule has 0 radical (unpaired) electrons. The molecule has 2 aliphatic carbocycles. The molecule has 0 spiro atoms. The van der Waals surface area contributed by atoms with E-state index in [9.17, 15) is 4.79 Å². The molecule has 0 aromatic rings. The van der Waals surface area contributed by atoms with Crippen molar-refractivity contribution in [1.82, 2.24) is 4.90 Å². The third kappa shape index (κ3) is 5.00. The third-order valence-electron chi connectivity index (χ3n) is 6.02. The van der Waals surface area contributed by atoms with E-state index < -0.39 is 0 Å². The summed E-state index contributed by atoms with van der Waals surface area (Å²) in [5.41, 5.74) is 0. The summed E-state index contributed by atoms with van der Waals surface area (Å²) in [6.45, 7) is 6.39. The van der Waals surface area contributed by atoms with Gasteiger partial charge >= 0.3 is 0 Å². The summed E-state index contributed by atoms with van der Waals surface area (Å²) in [7, 11) is 0. The largest absolute Gasteiger partial charge is 0.374 e. The third-order valence-corrected chi connectivity index (χ3v) is 6.25. The lowest BCUT2D eigenvalue weighted by molar-refractivity contribution is -0.168. The normalized spacial score (nSPS) is 34.7. The SMILES string of the molecule is C=CCOC1CCCCC1CN(C(=O)CCl)C1CCC2OCCOC2C1. The Hall–Kier alpha value is -0.620. The van der Waals surface area contributed by atoms with E-state index in [0.29, 0.717) is 25.7 Å². The van der Waals surface area contributed by atoms with E-state index in [1.54, 1.807) is 6.08 Å². The Balaban J connectivity index is 1.65. The van der Waals surface area contributed by atoms with Gasteiger partial charge in [0, 0.05) is 18.5 Å². The number of halogens is 1. The Morgan fingerprint density at radius 3 is 2.69 bits per heavy atom. The lowest BCUT2D eigenvalue weighted by Crippen LogP contribution is -2.53. The number of ether oxygens (including phenoxy) is 3. The van der Waals surface area contributed by atoms with Crippen LogP contribution in [0.4, 0.5) is 0 Å². The van der Waals surface area contributed by atoms with Crippen molar-refractivity contribution in [1.29, 1.82) is 0 Å². The fraction of sp³-hybridized carbons (Fsp3) is 0.850. The number of rotatable bonds is 7. The molecule has 5 atom stereocenters. The molecular formula is C20H32ClNO4. The van der Waals surface area contributed by atoms with Gasteiger partial charge < -0.3 is 19.1 Å². The predicted molar refractivity (Wildman–Crippen MR) is 101 cm³/mol. The van der Waals surface area contributed by atoms with Crippen molar-refractivity contribution in [2.75, 3.05) is 32.2 Å². The van der Waals surface area contributed by atoms with Gasteiger partial charge in [0.1, 0.15) is 5.88 Å². The molecule has 3 rings (SSSR count). The van der Waals surface area contributed by atoms with Crippen LogP contribution < -0.4 is 0 Å². The Morgan fingerprint density at radius 2 is 1.92 bits per heavy atom. The van der Waals surface area contributed by atoms with Crippen LogP contribution in [-0.4, -0.2) is 67.4 Å². The molecule has 0 aromatic heterocycles. The van der Waals surface area contributed by atoms with Crippen LogP contribution in [0, 0.1) is 5.92 Å². The highest BCUT2D eigenvalue weighted by Crippen LogP contribution is 2.33. The van der Waals surface area contributed by atoms with E-state index in [2.05, 4.69) is 6.58 Å². The minimum atomic E-state index is 0.0277. The van der Waals surface area contributed by atoms with Crippen molar-refractivity contribution in [3.63, 3.8) is 0 Å². The van der Waals surface area contributed by atoms with Gasteiger partial charge in [-0.05, 0) is 32.1 Å². The highest BCUT2D eigenvalue weighted by atomic mass is 35.5.